The molecule has 2 N–H and O–H groups in total. The summed E-state index contributed by atoms with van der Waals surface area (Å²) >= 11 is 0. The third-order valence-corrected chi connectivity index (χ3v) is 2.44. The van der Waals surface area contributed by atoms with E-state index in [2.05, 4.69) is 5.32 Å². The SMILES string of the molecule is CCNC(CO)c1ccc(OC)c([N+](=O)[O-])c1. The molecule has 1 rings (SSSR count). The summed E-state index contributed by atoms with van der Waals surface area (Å²) < 4.78 is 4.91. The van der Waals surface area contributed by atoms with Crippen LogP contribution in [0.3, 0.4) is 0 Å². The number of methoxy groups -OCH3 is 1. The van der Waals surface area contributed by atoms with Gasteiger partial charge in [0, 0.05) is 6.07 Å². The predicted octanol–water partition coefficient (Wildman–Crippen LogP) is 1.25. The highest BCUT2D eigenvalue weighted by Gasteiger charge is 2.18. The van der Waals surface area contributed by atoms with Crippen molar-refractivity contribution >= 4 is 5.69 Å². The second-order valence-corrected chi connectivity index (χ2v) is 3.48. The van der Waals surface area contributed by atoms with Gasteiger partial charge >= 0.3 is 5.69 Å². The zero-order valence-electron chi connectivity index (χ0n) is 9.84. The van der Waals surface area contributed by atoms with Crippen molar-refractivity contribution in [2.75, 3.05) is 20.3 Å². The van der Waals surface area contributed by atoms with Gasteiger partial charge in [0.15, 0.2) is 5.75 Å². The quantitative estimate of drug-likeness (QED) is 0.577. The first-order valence-corrected chi connectivity index (χ1v) is 5.30. The Labute approximate surface area is 99.4 Å². The van der Waals surface area contributed by atoms with Crippen LogP contribution < -0.4 is 10.1 Å². The van der Waals surface area contributed by atoms with Crippen LogP contribution in [0.15, 0.2) is 18.2 Å². The van der Waals surface area contributed by atoms with E-state index >= 15 is 0 Å². The maximum atomic E-state index is 10.8. The molecule has 0 heterocycles. The molecule has 1 unspecified atom stereocenters. The Morgan fingerprint density at radius 1 is 1.59 bits per heavy atom. The predicted molar refractivity (Wildman–Crippen MR) is 63.2 cm³/mol. The summed E-state index contributed by atoms with van der Waals surface area (Å²) in [6, 6.07) is 4.36. The molecule has 1 aromatic carbocycles. The second-order valence-electron chi connectivity index (χ2n) is 3.48. The van der Waals surface area contributed by atoms with Gasteiger partial charge in [-0.3, -0.25) is 10.1 Å². The van der Waals surface area contributed by atoms with Crippen LogP contribution in [0.4, 0.5) is 5.69 Å². The smallest absolute Gasteiger partial charge is 0.311 e. The lowest BCUT2D eigenvalue weighted by Crippen LogP contribution is -2.24. The van der Waals surface area contributed by atoms with E-state index in [1.54, 1.807) is 6.07 Å². The Balaban J connectivity index is 3.10. The average molecular weight is 240 g/mol. The molecular formula is C11H16N2O4. The molecule has 0 radical (unpaired) electrons. The average Bonchev–Trinajstić information content (AvgIpc) is 2.35. The summed E-state index contributed by atoms with van der Waals surface area (Å²) in [5.41, 5.74) is 0.572. The van der Waals surface area contributed by atoms with Gasteiger partial charge in [-0.2, -0.15) is 0 Å². The van der Waals surface area contributed by atoms with Gasteiger partial charge < -0.3 is 15.2 Å². The fraction of sp³-hybridized carbons (Fsp3) is 0.455. The molecule has 0 spiro atoms. The van der Waals surface area contributed by atoms with E-state index in [1.807, 2.05) is 6.92 Å². The normalized spacial score (nSPS) is 12.2. The molecule has 0 amide bonds. The molecule has 0 bridgehead atoms. The van der Waals surface area contributed by atoms with E-state index in [1.165, 1.54) is 19.2 Å². The van der Waals surface area contributed by atoms with E-state index in [9.17, 15) is 15.2 Å². The third-order valence-electron chi connectivity index (χ3n) is 2.44. The zero-order valence-corrected chi connectivity index (χ0v) is 9.84. The van der Waals surface area contributed by atoms with Crippen LogP contribution in [0.5, 0.6) is 5.75 Å². The van der Waals surface area contributed by atoms with Gasteiger partial charge in [-0.15, -0.1) is 0 Å². The summed E-state index contributed by atoms with van der Waals surface area (Å²) in [6.45, 7) is 2.46. The number of aliphatic hydroxyl groups excluding tert-OH is 1. The third kappa shape index (κ3) is 3.15. The Bertz CT molecular complexity index is 395. The van der Waals surface area contributed by atoms with Crippen LogP contribution >= 0.6 is 0 Å². The molecule has 6 heteroatoms. The minimum absolute atomic E-state index is 0.0960. The van der Waals surface area contributed by atoms with Gasteiger partial charge in [0.05, 0.1) is 24.7 Å². The van der Waals surface area contributed by atoms with Crippen molar-refractivity contribution in [3.8, 4) is 5.75 Å². The zero-order chi connectivity index (χ0) is 12.8. The number of hydrogen-bond donors (Lipinski definition) is 2. The number of ether oxygens (including phenoxy) is 1. The Kier molecular flexibility index (Phi) is 4.86. The van der Waals surface area contributed by atoms with Gasteiger partial charge in [-0.1, -0.05) is 13.0 Å². The van der Waals surface area contributed by atoms with Crippen molar-refractivity contribution in [2.24, 2.45) is 0 Å². The molecule has 94 valence electrons. The summed E-state index contributed by atoms with van der Waals surface area (Å²) in [7, 11) is 1.38. The molecule has 17 heavy (non-hydrogen) atoms. The summed E-state index contributed by atoms with van der Waals surface area (Å²) in [5.74, 6) is 0.215. The number of benzene rings is 1. The highest BCUT2D eigenvalue weighted by atomic mass is 16.6. The van der Waals surface area contributed by atoms with Gasteiger partial charge in [0.2, 0.25) is 0 Å². The van der Waals surface area contributed by atoms with E-state index < -0.39 is 4.92 Å². The number of hydrogen-bond acceptors (Lipinski definition) is 5. The lowest BCUT2D eigenvalue weighted by atomic mass is 10.1. The van der Waals surface area contributed by atoms with Crippen LogP contribution in [0.2, 0.25) is 0 Å². The number of nitrogens with zero attached hydrogens (tertiary/aromatic N) is 1. The molecule has 0 saturated carbocycles. The molecule has 0 aliphatic heterocycles. The first-order valence-electron chi connectivity index (χ1n) is 5.30. The lowest BCUT2D eigenvalue weighted by Gasteiger charge is -2.15. The fourth-order valence-electron chi connectivity index (χ4n) is 1.60. The van der Waals surface area contributed by atoms with Crippen molar-refractivity contribution in [1.82, 2.24) is 5.32 Å². The van der Waals surface area contributed by atoms with Crippen LogP contribution in [0, 0.1) is 10.1 Å². The number of rotatable bonds is 6. The van der Waals surface area contributed by atoms with Gasteiger partial charge in [0.25, 0.3) is 0 Å². The second kappa shape index (κ2) is 6.17. The minimum atomic E-state index is -0.497. The molecule has 1 atom stereocenters. The molecule has 1 aromatic rings. The molecule has 0 aromatic heterocycles. The van der Waals surface area contributed by atoms with Crippen LogP contribution in [0.1, 0.15) is 18.5 Å². The van der Waals surface area contributed by atoms with Gasteiger partial charge in [-0.05, 0) is 18.2 Å². The maximum Gasteiger partial charge on any atom is 0.311 e. The van der Waals surface area contributed by atoms with Crippen molar-refractivity contribution < 1.29 is 14.8 Å². The molecule has 6 nitrogen and oxygen atoms in total. The van der Waals surface area contributed by atoms with Gasteiger partial charge in [-0.25, -0.2) is 0 Å². The monoisotopic (exact) mass is 240 g/mol. The van der Waals surface area contributed by atoms with Crippen molar-refractivity contribution in [3.63, 3.8) is 0 Å². The molecular weight excluding hydrogens is 224 g/mol. The lowest BCUT2D eigenvalue weighted by molar-refractivity contribution is -0.385. The minimum Gasteiger partial charge on any atom is -0.490 e. The summed E-state index contributed by atoms with van der Waals surface area (Å²) in [6.07, 6.45) is 0. The topological polar surface area (TPSA) is 84.6 Å². The van der Waals surface area contributed by atoms with Crippen molar-refractivity contribution in [1.29, 1.82) is 0 Å². The highest BCUT2D eigenvalue weighted by molar-refractivity contribution is 5.49. The van der Waals surface area contributed by atoms with Crippen LogP contribution in [0.25, 0.3) is 0 Å². The number of likely N-dealkylation sites (N-methyl/N-ethyl adjacent to an activating group) is 1. The largest absolute Gasteiger partial charge is 0.490 e. The number of nitrogens with one attached hydrogen (secondary N) is 1. The van der Waals surface area contributed by atoms with Crippen molar-refractivity contribution in [3.05, 3.63) is 33.9 Å². The summed E-state index contributed by atoms with van der Waals surface area (Å²) in [5, 5.41) is 23.1. The van der Waals surface area contributed by atoms with Gasteiger partial charge in [0.1, 0.15) is 0 Å². The Morgan fingerprint density at radius 3 is 2.76 bits per heavy atom. The molecule has 0 aliphatic rings. The first-order chi connectivity index (χ1) is 8.13. The van der Waals surface area contributed by atoms with Crippen molar-refractivity contribution in [2.45, 2.75) is 13.0 Å². The molecule has 0 saturated heterocycles. The van der Waals surface area contributed by atoms with Crippen LogP contribution in [-0.4, -0.2) is 30.3 Å². The molecule has 0 fully saturated rings. The molecule has 0 aliphatic carbocycles. The highest BCUT2D eigenvalue weighted by Crippen LogP contribution is 2.29. The number of nitro groups is 1. The van der Waals surface area contributed by atoms with Crippen LogP contribution in [-0.2, 0) is 0 Å². The summed E-state index contributed by atoms with van der Waals surface area (Å²) in [4.78, 5) is 10.3. The first kappa shape index (κ1) is 13.4. The van der Waals surface area contributed by atoms with E-state index in [4.69, 9.17) is 4.74 Å². The van der Waals surface area contributed by atoms with E-state index in [0.29, 0.717) is 12.1 Å². The van der Waals surface area contributed by atoms with E-state index in [-0.39, 0.29) is 24.1 Å². The fourth-order valence-corrected chi connectivity index (χ4v) is 1.60. The number of aliphatic hydroxyl groups is 1. The maximum absolute atomic E-state index is 10.8. The Morgan fingerprint density at radius 2 is 2.29 bits per heavy atom. The Hall–Kier alpha value is -1.66. The standard InChI is InChI=1S/C11H16N2O4/c1-3-12-9(7-14)8-4-5-11(17-2)10(6-8)13(15)16/h4-6,9,12,14H,3,7H2,1-2H3. The number of nitro benzene ring substituents is 1. The van der Waals surface area contributed by atoms with E-state index in [0.717, 1.165) is 0 Å².